The van der Waals surface area contributed by atoms with Gasteiger partial charge in [-0.1, -0.05) is 23.7 Å². The summed E-state index contributed by atoms with van der Waals surface area (Å²) in [5.74, 6) is 0. The number of hydrogen-bond acceptors (Lipinski definition) is 7. The normalized spacial score (nSPS) is 11.3. The maximum absolute atomic E-state index is 12.6. The van der Waals surface area contributed by atoms with Crippen molar-refractivity contribution in [3.05, 3.63) is 98.4 Å². The smallest absolute Gasteiger partial charge is 0.338 e. The van der Waals surface area contributed by atoms with Crippen LogP contribution in [0.1, 0.15) is 0 Å². The van der Waals surface area contributed by atoms with Crippen molar-refractivity contribution < 1.29 is 17.8 Å². The Kier molecular flexibility index (Phi) is 5.56. The summed E-state index contributed by atoms with van der Waals surface area (Å²) in [5, 5.41) is 14.5. The van der Waals surface area contributed by atoms with Crippen LogP contribution in [-0.4, -0.2) is 13.3 Å². The van der Waals surface area contributed by atoms with E-state index in [4.69, 9.17) is 16.0 Å². The summed E-state index contributed by atoms with van der Waals surface area (Å²) in [4.78, 5) is 22.3. The summed E-state index contributed by atoms with van der Waals surface area (Å²) in [6, 6.07) is 17.4. The zero-order chi connectivity index (χ0) is 22.9. The van der Waals surface area contributed by atoms with Crippen LogP contribution in [0.4, 0.5) is 22.7 Å². The van der Waals surface area contributed by atoms with Gasteiger partial charge < -0.3 is 9.73 Å². The van der Waals surface area contributed by atoms with Crippen molar-refractivity contribution in [2.24, 2.45) is 0 Å². The van der Waals surface area contributed by atoms with Crippen molar-refractivity contribution in [2.45, 2.75) is 4.90 Å². The molecule has 2 N–H and O–H groups in total. The Morgan fingerprint density at radius 1 is 0.938 bits per heavy atom. The number of non-ortho nitro benzene ring substituents is 1. The number of nitrogens with one attached hydrogen (secondary N) is 2. The fourth-order valence-corrected chi connectivity index (χ4v) is 4.60. The summed E-state index contributed by atoms with van der Waals surface area (Å²) < 4.78 is 32.7. The summed E-state index contributed by atoms with van der Waals surface area (Å²) in [5.41, 5.74) is 0.531. The Morgan fingerprint density at radius 2 is 1.62 bits per heavy atom. The highest BCUT2D eigenvalue weighted by Gasteiger charge is 2.17. The Morgan fingerprint density at radius 3 is 2.31 bits per heavy atom. The minimum absolute atomic E-state index is 0.0482. The number of nitrogens with zero attached hydrogens (tertiary/aromatic N) is 1. The molecular weight excluding hydrogens is 458 g/mol. The number of hydrogen-bond donors (Lipinski definition) is 2. The number of halogens is 1. The van der Waals surface area contributed by atoms with Gasteiger partial charge in [0.25, 0.3) is 15.7 Å². The van der Waals surface area contributed by atoms with Crippen LogP contribution in [0.2, 0.25) is 5.02 Å². The van der Waals surface area contributed by atoms with E-state index in [0.717, 1.165) is 0 Å². The molecule has 4 rings (SSSR count). The van der Waals surface area contributed by atoms with Gasteiger partial charge in [0.15, 0.2) is 0 Å². The minimum Gasteiger partial charge on any atom is -0.423 e. The monoisotopic (exact) mass is 471 g/mol. The molecule has 32 heavy (non-hydrogen) atoms. The molecule has 4 aromatic rings. The molecule has 162 valence electrons. The van der Waals surface area contributed by atoms with Gasteiger partial charge in [0.05, 0.1) is 15.6 Å². The number of nitro groups is 1. The van der Waals surface area contributed by atoms with Crippen LogP contribution < -0.4 is 15.7 Å². The molecular formula is C21H14ClN3O6S. The van der Waals surface area contributed by atoms with Gasteiger partial charge in [0.2, 0.25) is 0 Å². The van der Waals surface area contributed by atoms with E-state index in [1.54, 1.807) is 24.3 Å². The molecule has 0 bridgehead atoms. The van der Waals surface area contributed by atoms with Gasteiger partial charge in [-0.05, 0) is 42.5 Å². The molecule has 0 unspecified atom stereocenters. The van der Waals surface area contributed by atoms with E-state index in [1.807, 2.05) is 0 Å². The fourth-order valence-electron chi connectivity index (χ4n) is 3.02. The SMILES string of the molecule is O=c1cc(Nc2ccc(NS(=O)(=O)c3ccccc3Cl)cc2)c2cc([N+](=O)[O-])ccc2o1. The lowest BCUT2D eigenvalue weighted by molar-refractivity contribution is -0.384. The van der Waals surface area contributed by atoms with Crippen molar-refractivity contribution in [3.8, 4) is 0 Å². The maximum atomic E-state index is 12.6. The second kappa shape index (κ2) is 8.33. The predicted octanol–water partition coefficient (Wildman–Crippen LogP) is 4.90. The molecule has 0 spiro atoms. The van der Waals surface area contributed by atoms with Crippen molar-refractivity contribution in [1.29, 1.82) is 0 Å². The summed E-state index contributed by atoms with van der Waals surface area (Å²) >= 11 is 5.98. The third-order valence-electron chi connectivity index (χ3n) is 4.48. The van der Waals surface area contributed by atoms with Crippen LogP contribution >= 0.6 is 11.6 Å². The topological polar surface area (TPSA) is 132 Å². The van der Waals surface area contributed by atoms with Crippen LogP contribution in [0.25, 0.3) is 11.0 Å². The molecule has 0 aliphatic rings. The number of anilines is 3. The van der Waals surface area contributed by atoms with Crippen LogP contribution in [0.3, 0.4) is 0 Å². The Labute approximate surface area is 186 Å². The van der Waals surface area contributed by atoms with Crippen molar-refractivity contribution >= 4 is 55.3 Å². The molecule has 0 fully saturated rings. The standard InChI is InChI=1S/C21H14ClN3O6S/c22-17-3-1-2-4-20(17)32(29,30)24-14-7-5-13(6-8-14)23-18-12-21(26)31-19-10-9-15(25(27)28)11-16(18)19/h1-12,23-24H. The second-order valence-electron chi connectivity index (χ2n) is 6.65. The molecule has 0 radical (unpaired) electrons. The number of nitro benzene ring substituents is 1. The van der Waals surface area contributed by atoms with E-state index in [2.05, 4.69) is 10.0 Å². The fraction of sp³-hybridized carbons (Fsp3) is 0. The first-order valence-electron chi connectivity index (χ1n) is 9.10. The van der Waals surface area contributed by atoms with E-state index in [1.165, 1.54) is 48.5 Å². The second-order valence-corrected chi connectivity index (χ2v) is 8.71. The van der Waals surface area contributed by atoms with Crippen molar-refractivity contribution in [3.63, 3.8) is 0 Å². The molecule has 0 atom stereocenters. The summed E-state index contributed by atoms with van der Waals surface area (Å²) in [6.45, 7) is 0. The lowest BCUT2D eigenvalue weighted by atomic mass is 10.1. The van der Waals surface area contributed by atoms with E-state index in [-0.39, 0.29) is 21.2 Å². The Hall–Kier alpha value is -3.89. The average Bonchev–Trinajstić information content (AvgIpc) is 2.74. The third kappa shape index (κ3) is 4.41. The molecule has 3 aromatic carbocycles. The van der Waals surface area contributed by atoms with Gasteiger partial charge in [-0.25, -0.2) is 13.2 Å². The van der Waals surface area contributed by atoms with Crippen molar-refractivity contribution in [2.75, 3.05) is 10.0 Å². The highest BCUT2D eigenvalue weighted by atomic mass is 35.5. The first-order valence-corrected chi connectivity index (χ1v) is 11.0. The summed E-state index contributed by atoms with van der Waals surface area (Å²) in [6.07, 6.45) is 0. The highest BCUT2D eigenvalue weighted by Crippen LogP contribution is 2.29. The van der Waals surface area contributed by atoms with E-state index in [9.17, 15) is 23.3 Å². The number of rotatable bonds is 6. The lowest BCUT2D eigenvalue weighted by Gasteiger charge is -2.12. The van der Waals surface area contributed by atoms with Crippen LogP contribution in [0, 0.1) is 10.1 Å². The van der Waals surface area contributed by atoms with Gasteiger partial charge in [0, 0.05) is 35.0 Å². The van der Waals surface area contributed by atoms with Gasteiger partial charge in [-0.2, -0.15) is 0 Å². The zero-order valence-corrected chi connectivity index (χ0v) is 17.7. The van der Waals surface area contributed by atoms with E-state index in [0.29, 0.717) is 22.4 Å². The molecule has 0 amide bonds. The minimum atomic E-state index is -3.88. The van der Waals surface area contributed by atoms with Gasteiger partial charge in [-0.3, -0.25) is 14.8 Å². The molecule has 1 aromatic heterocycles. The quantitative estimate of drug-likeness (QED) is 0.232. The third-order valence-corrected chi connectivity index (χ3v) is 6.36. The molecule has 1 heterocycles. The first kappa shape index (κ1) is 21.3. The zero-order valence-electron chi connectivity index (χ0n) is 16.1. The van der Waals surface area contributed by atoms with E-state index >= 15 is 0 Å². The molecule has 0 saturated carbocycles. The largest absolute Gasteiger partial charge is 0.423 e. The number of sulfonamides is 1. The summed E-state index contributed by atoms with van der Waals surface area (Å²) in [7, 11) is -3.88. The molecule has 11 heteroatoms. The van der Waals surface area contributed by atoms with Gasteiger partial charge >= 0.3 is 5.63 Å². The number of fused-ring (bicyclic) bond motifs is 1. The van der Waals surface area contributed by atoms with Crippen LogP contribution in [0.5, 0.6) is 0 Å². The van der Waals surface area contributed by atoms with Crippen LogP contribution in [-0.2, 0) is 10.0 Å². The molecule has 0 aliphatic heterocycles. The predicted molar refractivity (Wildman–Crippen MR) is 121 cm³/mol. The maximum Gasteiger partial charge on any atom is 0.338 e. The van der Waals surface area contributed by atoms with Crippen LogP contribution in [0.15, 0.2) is 86.9 Å². The molecule has 9 nitrogen and oxygen atoms in total. The molecule has 0 saturated heterocycles. The first-order chi connectivity index (χ1) is 15.2. The lowest BCUT2D eigenvalue weighted by Crippen LogP contribution is -2.13. The molecule has 0 aliphatic carbocycles. The van der Waals surface area contributed by atoms with Crippen molar-refractivity contribution in [1.82, 2.24) is 0 Å². The average molecular weight is 472 g/mol. The van der Waals surface area contributed by atoms with E-state index < -0.39 is 20.6 Å². The Balaban J connectivity index is 1.61. The Bertz CT molecular complexity index is 1500. The van der Waals surface area contributed by atoms with Gasteiger partial charge in [-0.15, -0.1) is 0 Å². The van der Waals surface area contributed by atoms with Gasteiger partial charge in [0.1, 0.15) is 10.5 Å². The number of benzene rings is 3. The highest BCUT2D eigenvalue weighted by molar-refractivity contribution is 7.92.